The Hall–Kier alpha value is -0.830. The molecule has 3 heteroatoms. The highest BCUT2D eigenvalue weighted by molar-refractivity contribution is 4.99. The van der Waals surface area contributed by atoms with Crippen molar-refractivity contribution in [3.63, 3.8) is 0 Å². The van der Waals surface area contributed by atoms with Crippen LogP contribution in [0.25, 0.3) is 0 Å². The van der Waals surface area contributed by atoms with Crippen LogP contribution in [0.15, 0.2) is 12.4 Å². The predicted octanol–water partition coefficient (Wildman–Crippen LogP) is 3.01. The van der Waals surface area contributed by atoms with Crippen LogP contribution in [-0.2, 0) is 13.6 Å². The smallest absolute Gasteiger partial charge is 0.122 e. The summed E-state index contributed by atoms with van der Waals surface area (Å²) in [6, 6.07) is 0. The van der Waals surface area contributed by atoms with Crippen LogP contribution in [-0.4, -0.2) is 15.1 Å². The van der Waals surface area contributed by atoms with E-state index in [9.17, 15) is 0 Å². The molecule has 3 nitrogen and oxygen atoms in total. The Labute approximate surface area is 105 Å². The summed E-state index contributed by atoms with van der Waals surface area (Å²) in [4.78, 5) is 4.37. The maximum Gasteiger partial charge on any atom is 0.122 e. The SMILES string of the molecule is CCCCCC1(NCc2nccn2C)CCC1. The molecule has 1 heterocycles. The van der Waals surface area contributed by atoms with Crippen LogP contribution in [0.5, 0.6) is 0 Å². The molecule has 17 heavy (non-hydrogen) atoms. The molecule has 0 spiro atoms. The van der Waals surface area contributed by atoms with Gasteiger partial charge in [0.15, 0.2) is 0 Å². The zero-order valence-electron chi connectivity index (χ0n) is 11.2. The molecule has 1 aromatic heterocycles. The zero-order valence-corrected chi connectivity index (χ0v) is 11.2. The van der Waals surface area contributed by atoms with E-state index in [-0.39, 0.29) is 0 Å². The Balaban J connectivity index is 1.81. The number of nitrogens with zero attached hydrogens (tertiary/aromatic N) is 2. The number of imidazole rings is 1. The third kappa shape index (κ3) is 3.09. The van der Waals surface area contributed by atoms with Gasteiger partial charge in [0.1, 0.15) is 5.82 Å². The van der Waals surface area contributed by atoms with Crippen LogP contribution >= 0.6 is 0 Å². The number of nitrogens with one attached hydrogen (secondary N) is 1. The number of unbranched alkanes of at least 4 members (excludes halogenated alkanes) is 2. The van der Waals surface area contributed by atoms with E-state index in [1.807, 2.05) is 12.4 Å². The summed E-state index contributed by atoms with van der Waals surface area (Å²) in [6.45, 7) is 3.18. The first-order valence-electron chi connectivity index (χ1n) is 6.97. The molecule has 1 aromatic rings. The van der Waals surface area contributed by atoms with Crippen molar-refractivity contribution in [2.24, 2.45) is 7.05 Å². The van der Waals surface area contributed by atoms with E-state index in [4.69, 9.17) is 0 Å². The molecule has 0 aliphatic heterocycles. The summed E-state index contributed by atoms with van der Waals surface area (Å²) in [7, 11) is 2.06. The summed E-state index contributed by atoms with van der Waals surface area (Å²) in [5.41, 5.74) is 0.432. The van der Waals surface area contributed by atoms with Gasteiger partial charge < -0.3 is 9.88 Å². The fraction of sp³-hybridized carbons (Fsp3) is 0.786. The van der Waals surface area contributed by atoms with Crippen LogP contribution in [0.4, 0.5) is 0 Å². The van der Waals surface area contributed by atoms with E-state index in [0.717, 1.165) is 12.4 Å². The van der Waals surface area contributed by atoms with Crippen LogP contribution in [0.2, 0.25) is 0 Å². The lowest BCUT2D eigenvalue weighted by Gasteiger charge is -2.43. The average molecular weight is 235 g/mol. The summed E-state index contributed by atoms with van der Waals surface area (Å²) < 4.78 is 2.10. The number of hydrogen-bond donors (Lipinski definition) is 1. The number of aromatic nitrogens is 2. The lowest BCUT2D eigenvalue weighted by molar-refractivity contribution is 0.161. The van der Waals surface area contributed by atoms with Gasteiger partial charge in [-0.3, -0.25) is 0 Å². The van der Waals surface area contributed by atoms with Gasteiger partial charge in [0, 0.05) is 25.0 Å². The molecule has 0 radical (unpaired) electrons. The Morgan fingerprint density at radius 3 is 2.76 bits per heavy atom. The Kier molecular flexibility index (Phi) is 4.21. The monoisotopic (exact) mass is 235 g/mol. The highest BCUT2D eigenvalue weighted by Gasteiger charge is 2.35. The third-order valence-corrected chi connectivity index (χ3v) is 4.11. The Bertz CT molecular complexity index is 339. The molecule has 96 valence electrons. The number of aryl methyl sites for hydroxylation is 1. The second-order valence-corrected chi connectivity index (χ2v) is 5.40. The second kappa shape index (κ2) is 5.67. The van der Waals surface area contributed by atoms with Gasteiger partial charge in [0.25, 0.3) is 0 Å². The topological polar surface area (TPSA) is 29.9 Å². The summed E-state index contributed by atoms with van der Waals surface area (Å²) in [6.07, 6.45) is 13.4. The zero-order chi connectivity index (χ0) is 12.1. The van der Waals surface area contributed by atoms with E-state index >= 15 is 0 Å². The van der Waals surface area contributed by atoms with Crippen molar-refractivity contribution in [3.05, 3.63) is 18.2 Å². The second-order valence-electron chi connectivity index (χ2n) is 5.40. The highest BCUT2D eigenvalue weighted by Crippen LogP contribution is 2.36. The van der Waals surface area contributed by atoms with E-state index < -0.39 is 0 Å². The minimum atomic E-state index is 0.432. The van der Waals surface area contributed by atoms with Crippen molar-refractivity contribution in [2.75, 3.05) is 0 Å². The summed E-state index contributed by atoms with van der Waals surface area (Å²) in [5.74, 6) is 1.15. The molecule has 0 amide bonds. The van der Waals surface area contributed by atoms with Crippen molar-refractivity contribution in [1.82, 2.24) is 14.9 Å². The van der Waals surface area contributed by atoms with Gasteiger partial charge in [-0.25, -0.2) is 4.98 Å². The van der Waals surface area contributed by atoms with Crippen molar-refractivity contribution >= 4 is 0 Å². The van der Waals surface area contributed by atoms with Gasteiger partial charge in [-0.1, -0.05) is 26.2 Å². The molecule has 0 unspecified atom stereocenters. The highest BCUT2D eigenvalue weighted by atomic mass is 15.1. The van der Waals surface area contributed by atoms with Gasteiger partial charge in [-0.2, -0.15) is 0 Å². The first kappa shape index (κ1) is 12.6. The van der Waals surface area contributed by atoms with Crippen molar-refractivity contribution < 1.29 is 0 Å². The van der Waals surface area contributed by atoms with Crippen LogP contribution in [0.1, 0.15) is 57.7 Å². The quantitative estimate of drug-likeness (QED) is 0.736. The number of rotatable bonds is 7. The largest absolute Gasteiger partial charge is 0.337 e. The lowest BCUT2D eigenvalue weighted by Crippen LogP contribution is -2.50. The van der Waals surface area contributed by atoms with Crippen molar-refractivity contribution in [3.8, 4) is 0 Å². The summed E-state index contributed by atoms with van der Waals surface area (Å²) in [5, 5.41) is 3.75. The van der Waals surface area contributed by atoms with Crippen LogP contribution in [0, 0.1) is 0 Å². The molecule has 0 aromatic carbocycles. The van der Waals surface area contributed by atoms with Gasteiger partial charge >= 0.3 is 0 Å². The molecule has 0 saturated heterocycles. The van der Waals surface area contributed by atoms with Crippen molar-refractivity contribution in [2.45, 2.75) is 64.0 Å². The third-order valence-electron chi connectivity index (χ3n) is 4.11. The van der Waals surface area contributed by atoms with E-state index in [1.165, 1.54) is 44.9 Å². The number of hydrogen-bond acceptors (Lipinski definition) is 2. The van der Waals surface area contributed by atoms with Crippen LogP contribution in [0.3, 0.4) is 0 Å². The lowest BCUT2D eigenvalue weighted by atomic mass is 9.73. The molecular weight excluding hydrogens is 210 g/mol. The molecule has 1 aliphatic carbocycles. The molecule has 2 rings (SSSR count). The minimum Gasteiger partial charge on any atom is -0.337 e. The Morgan fingerprint density at radius 1 is 1.41 bits per heavy atom. The standard InChI is InChI=1S/C14H25N3/c1-3-4-5-7-14(8-6-9-14)16-12-13-15-10-11-17(13)2/h10-11,16H,3-9,12H2,1-2H3. The first-order valence-corrected chi connectivity index (χ1v) is 6.97. The van der Waals surface area contributed by atoms with Crippen LogP contribution < -0.4 is 5.32 Å². The van der Waals surface area contributed by atoms with Gasteiger partial charge in [0.2, 0.25) is 0 Å². The average Bonchev–Trinajstić information content (AvgIpc) is 2.67. The molecule has 0 atom stereocenters. The molecule has 1 saturated carbocycles. The van der Waals surface area contributed by atoms with E-state index in [0.29, 0.717) is 5.54 Å². The maximum atomic E-state index is 4.37. The molecule has 1 N–H and O–H groups in total. The fourth-order valence-corrected chi connectivity index (χ4v) is 2.67. The normalized spacial score (nSPS) is 18.0. The van der Waals surface area contributed by atoms with Gasteiger partial charge in [0.05, 0.1) is 6.54 Å². The molecule has 1 aliphatic rings. The minimum absolute atomic E-state index is 0.432. The fourth-order valence-electron chi connectivity index (χ4n) is 2.67. The Morgan fingerprint density at radius 2 is 2.24 bits per heavy atom. The maximum absolute atomic E-state index is 4.37. The molecular formula is C14H25N3. The van der Waals surface area contributed by atoms with Crippen molar-refractivity contribution in [1.29, 1.82) is 0 Å². The molecule has 1 fully saturated rings. The molecule has 0 bridgehead atoms. The van der Waals surface area contributed by atoms with Gasteiger partial charge in [-0.15, -0.1) is 0 Å². The first-order chi connectivity index (χ1) is 8.26. The van der Waals surface area contributed by atoms with E-state index in [1.54, 1.807) is 0 Å². The predicted molar refractivity (Wildman–Crippen MR) is 70.8 cm³/mol. The van der Waals surface area contributed by atoms with E-state index in [2.05, 4.69) is 28.8 Å². The summed E-state index contributed by atoms with van der Waals surface area (Å²) >= 11 is 0. The van der Waals surface area contributed by atoms with Gasteiger partial charge in [-0.05, 0) is 25.7 Å².